The van der Waals surface area contributed by atoms with Crippen molar-refractivity contribution in [3.05, 3.63) is 82.1 Å². The second-order valence-electron chi connectivity index (χ2n) is 8.01. The predicted octanol–water partition coefficient (Wildman–Crippen LogP) is 6.67. The van der Waals surface area contributed by atoms with Gasteiger partial charge in [-0.3, -0.25) is 0 Å². The Kier molecular flexibility index (Phi) is 3.87. The summed E-state index contributed by atoms with van der Waals surface area (Å²) in [5.41, 5.74) is 5.23. The summed E-state index contributed by atoms with van der Waals surface area (Å²) in [4.78, 5) is 0. The lowest BCUT2D eigenvalue weighted by atomic mass is 10.0. The number of fused-ring (bicyclic) bond motifs is 6. The number of hydrogen-bond acceptors (Lipinski definition) is 2. The lowest BCUT2D eigenvalue weighted by Crippen LogP contribution is -2.23. The summed E-state index contributed by atoms with van der Waals surface area (Å²) >= 11 is 6.24. The summed E-state index contributed by atoms with van der Waals surface area (Å²) in [7, 11) is 0. The Hall–Kier alpha value is -2.98. The predicted molar refractivity (Wildman–Crippen MR) is 116 cm³/mol. The smallest absolute Gasteiger partial charge is 0.203 e. The number of benzene rings is 3. The van der Waals surface area contributed by atoms with Crippen molar-refractivity contribution in [3.63, 3.8) is 0 Å². The van der Waals surface area contributed by atoms with Crippen LogP contribution in [0.1, 0.15) is 29.3 Å². The molecule has 0 saturated carbocycles. The van der Waals surface area contributed by atoms with Gasteiger partial charge in [-0.15, -0.1) is 0 Å². The van der Waals surface area contributed by atoms with E-state index in [-0.39, 0.29) is 5.82 Å². The van der Waals surface area contributed by atoms with Crippen molar-refractivity contribution in [2.75, 3.05) is 6.61 Å². The molecule has 150 valence electrons. The molecular weight excluding hydrogens is 401 g/mol. The highest BCUT2D eigenvalue weighted by molar-refractivity contribution is 6.31. The first-order chi connectivity index (χ1) is 14.6. The van der Waals surface area contributed by atoms with Crippen molar-refractivity contribution in [3.8, 4) is 22.8 Å². The zero-order valence-electron chi connectivity index (χ0n) is 16.4. The Labute approximate surface area is 178 Å². The molecular formula is C25H19ClFNO2. The molecule has 3 heterocycles. The summed E-state index contributed by atoms with van der Waals surface area (Å²) in [6.45, 7) is 2.60. The van der Waals surface area contributed by atoms with E-state index in [2.05, 4.69) is 22.8 Å². The quantitative estimate of drug-likeness (QED) is 0.344. The normalized spacial score (nSPS) is 17.0. The second-order valence-corrected chi connectivity index (χ2v) is 8.45. The third kappa shape index (κ3) is 2.63. The number of rotatable bonds is 1. The minimum Gasteiger partial charge on any atom is -0.493 e. The first-order valence-corrected chi connectivity index (χ1v) is 10.5. The Bertz CT molecular complexity index is 1330. The first kappa shape index (κ1) is 17.8. The van der Waals surface area contributed by atoms with Crippen LogP contribution in [-0.2, 0) is 6.42 Å². The molecule has 0 amide bonds. The van der Waals surface area contributed by atoms with E-state index in [9.17, 15) is 0 Å². The molecule has 6 rings (SSSR count). The van der Waals surface area contributed by atoms with E-state index in [0.717, 1.165) is 52.9 Å². The highest BCUT2D eigenvalue weighted by atomic mass is 35.5. The van der Waals surface area contributed by atoms with Crippen LogP contribution in [0.4, 0.5) is 4.39 Å². The Morgan fingerprint density at radius 1 is 1.03 bits per heavy atom. The van der Waals surface area contributed by atoms with Crippen molar-refractivity contribution < 1.29 is 13.9 Å². The van der Waals surface area contributed by atoms with Crippen LogP contribution in [0.3, 0.4) is 0 Å². The average molecular weight is 420 g/mol. The van der Waals surface area contributed by atoms with Crippen LogP contribution in [0.15, 0.2) is 54.6 Å². The highest BCUT2D eigenvalue weighted by Crippen LogP contribution is 2.46. The number of hydrogen-bond donors (Lipinski definition) is 0. The van der Waals surface area contributed by atoms with Crippen molar-refractivity contribution in [1.82, 2.24) is 4.57 Å². The molecule has 0 fully saturated rings. The molecule has 30 heavy (non-hydrogen) atoms. The Morgan fingerprint density at radius 2 is 1.93 bits per heavy atom. The molecule has 0 saturated heterocycles. The van der Waals surface area contributed by atoms with E-state index in [4.69, 9.17) is 21.1 Å². The molecule has 0 bridgehead atoms. The lowest BCUT2D eigenvalue weighted by molar-refractivity contribution is 0.171. The fourth-order valence-electron chi connectivity index (χ4n) is 4.60. The van der Waals surface area contributed by atoms with E-state index in [1.165, 1.54) is 5.56 Å². The van der Waals surface area contributed by atoms with Gasteiger partial charge in [-0.1, -0.05) is 23.7 Å². The fraction of sp³-hybridized carbons (Fsp3) is 0.200. The molecule has 4 aromatic rings. The fourth-order valence-corrected chi connectivity index (χ4v) is 4.79. The molecule has 5 heteroatoms. The first-order valence-electron chi connectivity index (χ1n) is 10.1. The number of nitrogens with zero attached hydrogens (tertiary/aromatic N) is 1. The molecule has 1 atom stereocenters. The maximum absolute atomic E-state index is 15.0. The van der Waals surface area contributed by atoms with Gasteiger partial charge in [0.15, 0.2) is 0 Å². The van der Waals surface area contributed by atoms with Gasteiger partial charge in [-0.05, 0) is 73.4 Å². The van der Waals surface area contributed by atoms with Gasteiger partial charge in [0.1, 0.15) is 17.3 Å². The Balaban J connectivity index is 1.62. The van der Waals surface area contributed by atoms with Crippen LogP contribution < -0.4 is 9.47 Å². The number of aromatic nitrogens is 1. The summed E-state index contributed by atoms with van der Waals surface area (Å²) in [6.07, 6.45) is 1.62. The SMILES string of the molecule is Cc1cc(F)c2c(c1)OC(c1ccc3c(c1)OCCC3)n1c-2cc2cc(Cl)ccc21. The summed E-state index contributed by atoms with van der Waals surface area (Å²) < 4.78 is 29.4. The van der Waals surface area contributed by atoms with E-state index in [1.807, 2.05) is 37.3 Å². The Morgan fingerprint density at radius 3 is 2.83 bits per heavy atom. The topological polar surface area (TPSA) is 23.4 Å². The van der Waals surface area contributed by atoms with Gasteiger partial charge in [-0.25, -0.2) is 4.39 Å². The maximum atomic E-state index is 15.0. The standard InChI is InChI=1S/C25H19ClFNO2/c1-14-9-19(27)24-21-12-17-11-18(26)6-7-20(17)28(21)25(30-23(24)10-14)16-5-4-15-3-2-8-29-22(15)13-16/h4-7,9-13,25H,2-3,8H2,1H3. The maximum Gasteiger partial charge on any atom is 0.203 e. The number of ether oxygens (including phenoxy) is 2. The van der Waals surface area contributed by atoms with E-state index >= 15 is 4.39 Å². The number of aryl methyl sites for hydroxylation is 2. The molecule has 1 unspecified atom stereocenters. The highest BCUT2D eigenvalue weighted by Gasteiger charge is 2.32. The van der Waals surface area contributed by atoms with Crippen molar-refractivity contribution in [2.45, 2.75) is 26.0 Å². The average Bonchev–Trinajstić information content (AvgIpc) is 3.10. The lowest BCUT2D eigenvalue weighted by Gasteiger charge is -2.31. The van der Waals surface area contributed by atoms with E-state index in [0.29, 0.717) is 16.3 Å². The monoisotopic (exact) mass is 419 g/mol. The van der Waals surface area contributed by atoms with Crippen LogP contribution >= 0.6 is 11.6 Å². The molecule has 3 nitrogen and oxygen atoms in total. The van der Waals surface area contributed by atoms with Gasteiger partial charge in [0.2, 0.25) is 6.23 Å². The van der Waals surface area contributed by atoms with Gasteiger partial charge in [0.05, 0.1) is 23.4 Å². The molecule has 2 aliphatic rings. The van der Waals surface area contributed by atoms with E-state index in [1.54, 1.807) is 6.07 Å². The molecule has 1 aromatic heterocycles. The van der Waals surface area contributed by atoms with Gasteiger partial charge >= 0.3 is 0 Å². The second kappa shape index (κ2) is 6.51. The van der Waals surface area contributed by atoms with Gasteiger partial charge < -0.3 is 14.0 Å². The zero-order chi connectivity index (χ0) is 20.4. The van der Waals surface area contributed by atoms with Crippen LogP contribution in [0.25, 0.3) is 22.2 Å². The minimum atomic E-state index is -0.428. The molecule has 2 aliphatic heterocycles. The van der Waals surface area contributed by atoms with Crippen LogP contribution in [0.5, 0.6) is 11.5 Å². The third-order valence-corrected chi connectivity index (χ3v) is 6.19. The van der Waals surface area contributed by atoms with Crippen molar-refractivity contribution in [1.29, 1.82) is 0 Å². The van der Waals surface area contributed by atoms with Crippen LogP contribution in [-0.4, -0.2) is 11.2 Å². The summed E-state index contributed by atoms with van der Waals surface area (Å²) in [5, 5.41) is 1.60. The van der Waals surface area contributed by atoms with Gasteiger partial charge in [0, 0.05) is 16.0 Å². The molecule has 3 aromatic carbocycles. The molecule has 0 N–H and O–H groups in total. The summed E-state index contributed by atoms with van der Waals surface area (Å²) in [6, 6.07) is 17.4. The van der Waals surface area contributed by atoms with E-state index < -0.39 is 6.23 Å². The molecule has 0 radical (unpaired) electrons. The van der Waals surface area contributed by atoms with Crippen LogP contribution in [0.2, 0.25) is 5.02 Å². The third-order valence-electron chi connectivity index (χ3n) is 5.95. The number of halogens is 2. The van der Waals surface area contributed by atoms with Crippen LogP contribution in [0, 0.1) is 12.7 Å². The molecule has 0 aliphatic carbocycles. The van der Waals surface area contributed by atoms with Crippen molar-refractivity contribution in [2.24, 2.45) is 0 Å². The summed E-state index contributed by atoms with van der Waals surface area (Å²) in [5.74, 6) is 1.18. The largest absolute Gasteiger partial charge is 0.493 e. The molecule has 0 spiro atoms. The minimum absolute atomic E-state index is 0.285. The van der Waals surface area contributed by atoms with Gasteiger partial charge in [-0.2, -0.15) is 0 Å². The zero-order valence-corrected chi connectivity index (χ0v) is 17.2. The van der Waals surface area contributed by atoms with Gasteiger partial charge in [0.25, 0.3) is 0 Å². The van der Waals surface area contributed by atoms with Crippen molar-refractivity contribution >= 4 is 22.5 Å².